The number of benzene rings is 1. The molecule has 1 amide bonds. The number of halogens is 2. The molecule has 0 bridgehead atoms. The molecule has 0 radical (unpaired) electrons. The van der Waals surface area contributed by atoms with Crippen LogP contribution in [0.1, 0.15) is 35.1 Å². The largest absolute Gasteiger partial charge is 0.347 e. The Morgan fingerprint density at radius 2 is 2.35 bits per heavy atom. The van der Waals surface area contributed by atoms with E-state index in [1.807, 2.05) is 0 Å². The molecule has 1 unspecified atom stereocenters. The fraction of sp³-hybridized carbons (Fsp3) is 0.286. The summed E-state index contributed by atoms with van der Waals surface area (Å²) < 4.78 is 14.4. The topological polar surface area (TPSA) is 49.0 Å². The number of likely N-dealkylation sites (tertiary alicyclic amines) is 1. The highest BCUT2D eigenvalue weighted by Gasteiger charge is 2.33. The first-order chi connectivity index (χ1) is 9.68. The lowest BCUT2D eigenvalue weighted by Crippen LogP contribution is -2.31. The van der Waals surface area contributed by atoms with Crippen LogP contribution in [0.4, 0.5) is 4.39 Å². The van der Waals surface area contributed by atoms with Gasteiger partial charge in [0.15, 0.2) is 0 Å². The number of H-pyrrole nitrogens is 1. The fourth-order valence-corrected chi connectivity index (χ4v) is 2.94. The summed E-state index contributed by atoms with van der Waals surface area (Å²) in [7, 11) is 0. The molecule has 0 spiro atoms. The molecule has 4 nitrogen and oxygen atoms in total. The molecule has 2 heterocycles. The normalized spacial score (nSPS) is 18.5. The van der Waals surface area contributed by atoms with Crippen molar-refractivity contribution in [1.82, 2.24) is 14.9 Å². The molecule has 3 rings (SSSR count). The average Bonchev–Trinajstić information content (AvgIpc) is 3.10. The number of nitrogens with one attached hydrogen (secondary N) is 1. The average molecular weight is 338 g/mol. The van der Waals surface area contributed by atoms with Gasteiger partial charge in [0.2, 0.25) is 0 Å². The molecule has 0 aliphatic carbocycles. The number of imidazole rings is 1. The molecule has 20 heavy (non-hydrogen) atoms. The summed E-state index contributed by atoms with van der Waals surface area (Å²) in [5.74, 6) is -0.0449. The number of aromatic amines is 1. The molecule has 1 aromatic carbocycles. The van der Waals surface area contributed by atoms with Gasteiger partial charge in [-0.3, -0.25) is 4.79 Å². The lowest BCUT2D eigenvalue weighted by Gasteiger charge is -2.23. The van der Waals surface area contributed by atoms with E-state index in [9.17, 15) is 9.18 Å². The Morgan fingerprint density at radius 3 is 3.10 bits per heavy atom. The molecule has 104 valence electrons. The van der Waals surface area contributed by atoms with E-state index < -0.39 is 5.82 Å². The van der Waals surface area contributed by atoms with E-state index in [1.165, 1.54) is 6.07 Å². The third kappa shape index (κ3) is 2.24. The number of aromatic nitrogens is 2. The van der Waals surface area contributed by atoms with Gasteiger partial charge in [-0.05, 0) is 40.9 Å². The summed E-state index contributed by atoms with van der Waals surface area (Å²) in [6.45, 7) is 0.621. The maximum absolute atomic E-state index is 14.1. The Balaban J connectivity index is 1.92. The Hall–Kier alpha value is -1.69. The standard InChI is InChI=1S/C14H13BrFN3O/c15-10-4-1-3-9(12(10)16)14(20)19-8-2-5-11(19)13-17-6-7-18-13/h1,3-4,6-7,11H,2,5,8H2,(H,17,18). The molecule has 0 saturated carbocycles. The molecular formula is C14H13BrFN3O. The molecule has 2 aromatic rings. The van der Waals surface area contributed by atoms with Crippen LogP contribution in [0.3, 0.4) is 0 Å². The Morgan fingerprint density at radius 1 is 1.50 bits per heavy atom. The minimum absolute atomic E-state index is 0.0952. The molecule has 1 aromatic heterocycles. The molecule has 1 aliphatic heterocycles. The lowest BCUT2D eigenvalue weighted by atomic mass is 10.1. The maximum Gasteiger partial charge on any atom is 0.257 e. The first-order valence-corrected chi connectivity index (χ1v) is 7.22. The Labute approximate surface area is 124 Å². The summed E-state index contributed by atoms with van der Waals surface area (Å²) in [5, 5.41) is 0. The molecule has 1 aliphatic rings. The third-order valence-electron chi connectivity index (χ3n) is 3.53. The van der Waals surface area contributed by atoms with Crippen molar-refractivity contribution in [2.45, 2.75) is 18.9 Å². The zero-order chi connectivity index (χ0) is 14.1. The summed E-state index contributed by atoms with van der Waals surface area (Å²) in [5.41, 5.74) is 0.0952. The first-order valence-electron chi connectivity index (χ1n) is 6.42. The van der Waals surface area contributed by atoms with Crippen LogP contribution < -0.4 is 0 Å². The second-order valence-electron chi connectivity index (χ2n) is 4.73. The van der Waals surface area contributed by atoms with E-state index in [-0.39, 0.29) is 17.5 Å². The Bertz CT molecular complexity index is 629. The molecule has 6 heteroatoms. The summed E-state index contributed by atoms with van der Waals surface area (Å²) in [6.07, 6.45) is 5.13. The minimum atomic E-state index is -0.511. The van der Waals surface area contributed by atoms with Crippen LogP contribution in [-0.2, 0) is 0 Å². The molecule has 1 N–H and O–H groups in total. The third-order valence-corrected chi connectivity index (χ3v) is 4.14. The van der Waals surface area contributed by atoms with Crippen molar-refractivity contribution < 1.29 is 9.18 Å². The smallest absolute Gasteiger partial charge is 0.257 e. The predicted octanol–water partition coefficient (Wildman–Crippen LogP) is 3.29. The van der Waals surface area contributed by atoms with Crippen molar-refractivity contribution in [3.63, 3.8) is 0 Å². The number of hydrogen-bond donors (Lipinski definition) is 1. The van der Waals surface area contributed by atoms with Gasteiger partial charge in [0.05, 0.1) is 16.1 Å². The quantitative estimate of drug-likeness (QED) is 0.914. The van der Waals surface area contributed by atoms with Crippen LogP contribution in [0.25, 0.3) is 0 Å². The van der Waals surface area contributed by atoms with Crippen LogP contribution in [0.15, 0.2) is 35.1 Å². The highest BCUT2D eigenvalue weighted by molar-refractivity contribution is 9.10. The van der Waals surface area contributed by atoms with Gasteiger partial charge in [0, 0.05) is 18.9 Å². The molecule has 1 saturated heterocycles. The number of rotatable bonds is 2. The van der Waals surface area contributed by atoms with Gasteiger partial charge in [0.1, 0.15) is 11.6 Å². The molecule has 1 atom stereocenters. The van der Waals surface area contributed by atoms with Crippen LogP contribution >= 0.6 is 15.9 Å². The van der Waals surface area contributed by atoms with E-state index in [4.69, 9.17) is 0 Å². The highest BCUT2D eigenvalue weighted by Crippen LogP contribution is 2.32. The minimum Gasteiger partial charge on any atom is -0.347 e. The number of amides is 1. The van der Waals surface area contributed by atoms with Crippen molar-refractivity contribution >= 4 is 21.8 Å². The fourth-order valence-electron chi connectivity index (χ4n) is 2.58. The van der Waals surface area contributed by atoms with E-state index in [0.717, 1.165) is 18.7 Å². The van der Waals surface area contributed by atoms with Gasteiger partial charge in [-0.15, -0.1) is 0 Å². The van der Waals surface area contributed by atoms with Crippen LogP contribution in [0, 0.1) is 5.82 Å². The molecule has 1 fully saturated rings. The number of carbonyl (C=O) groups is 1. The zero-order valence-electron chi connectivity index (χ0n) is 10.6. The monoisotopic (exact) mass is 337 g/mol. The lowest BCUT2D eigenvalue weighted by molar-refractivity contribution is 0.0725. The SMILES string of the molecule is O=C(c1cccc(Br)c1F)N1CCCC1c1ncc[nH]1. The van der Waals surface area contributed by atoms with Crippen LogP contribution in [0.2, 0.25) is 0 Å². The highest BCUT2D eigenvalue weighted by atomic mass is 79.9. The number of carbonyl (C=O) groups excluding carboxylic acids is 1. The molecular weight excluding hydrogens is 325 g/mol. The first kappa shape index (κ1) is 13.3. The second kappa shape index (κ2) is 5.36. The second-order valence-corrected chi connectivity index (χ2v) is 5.59. The van der Waals surface area contributed by atoms with E-state index >= 15 is 0 Å². The van der Waals surface area contributed by atoms with Crippen LogP contribution in [-0.4, -0.2) is 27.3 Å². The Kier molecular flexibility index (Phi) is 3.56. The van der Waals surface area contributed by atoms with Gasteiger partial charge < -0.3 is 9.88 Å². The number of hydrogen-bond acceptors (Lipinski definition) is 2. The summed E-state index contributed by atoms with van der Waals surface area (Å²) in [4.78, 5) is 21.5. The van der Waals surface area contributed by atoms with Crippen LogP contribution in [0.5, 0.6) is 0 Å². The predicted molar refractivity (Wildman–Crippen MR) is 75.7 cm³/mol. The van der Waals surface area contributed by atoms with Crippen molar-refractivity contribution in [3.05, 3.63) is 52.3 Å². The van der Waals surface area contributed by atoms with Gasteiger partial charge in [-0.25, -0.2) is 9.37 Å². The van der Waals surface area contributed by atoms with Crippen molar-refractivity contribution in [1.29, 1.82) is 0 Å². The van der Waals surface area contributed by atoms with E-state index in [2.05, 4.69) is 25.9 Å². The summed E-state index contributed by atoms with van der Waals surface area (Å²) >= 11 is 3.11. The van der Waals surface area contributed by atoms with Crippen molar-refractivity contribution in [3.8, 4) is 0 Å². The van der Waals surface area contributed by atoms with Crippen molar-refractivity contribution in [2.24, 2.45) is 0 Å². The van der Waals surface area contributed by atoms with Gasteiger partial charge in [-0.2, -0.15) is 0 Å². The van der Waals surface area contributed by atoms with E-state index in [0.29, 0.717) is 11.0 Å². The zero-order valence-corrected chi connectivity index (χ0v) is 12.2. The summed E-state index contributed by atoms with van der Waals surface area (Å²) in [6, 6.07) is 4.66. The van der Waals surface area contributed by atoms with Crippen molar-refractivity contribution in [2.75, 3.05) is 6.54 Å². The van der Waals surface area contributed by atoms with Gasteiger partial charge in [0.25, 0.3) is 5.91 Å². The van der Waals surface area contributed by atoms with Gasteiger partial charge >= 0.3 is 0 Å². The van der Waals surface area contributed by atoms with Gasteiger partial charge in [-0.1, -0.05) is 6.07 Å². The number of nitrogens with zero attached hydrogens (tertiary/aromatic N) is 2. The maximum atomic E-state index is 14.1. The van der Waals surface area contributed by atoms with E-state index in [1.54, 1.807) is 29.4 Å².